The molecule has 1 heterocycles. The number of β-amino-alcohol motifs (C(OH)–C–C–N with tert-alkyl or cyclic N) is 1. The number of nitrogens with zero attached hydrogens (tertiary/aromatic N) is 2. The van der Waals surface area contributed by atoms with Gasteiger partial charge in [0.2, 0.25) is 5.91 Å². The van der Waals surface area contributed by atoms with Gasteiger partial charge in [0.25, 0.3) is 10.0 Å². The van der Waals surface area contributed by atoms with Gasteiger partial charge in [-0.15, -0.1) is 0 Å². The Kier molecular flexibility index (Phi) is 10.7. The van der Waals surface area contributed by atoms with Crippen LogP contribution in [0.2, 0.25) is 5.02 Å². The second-order valence-corrected chi connectivity index (χ2v) is 12.5. The predicted octanol–water partition coefficient (Wildman–Crippen LogP) is 5.13. The van der Waals surface area contributed by atoms with Crippen molar-refractivity contribution in [2.24, 2.45) is 0 Å². The van der Waals surface area contributed by atoms with Crippen molar-refractivity contribution in [3.63, 3.8) is 0 Å². The highest BCUT2D eigenvalue weighted by Crippen LogP contribution is 2.28. The summed E-state index contributed by atoms with van der Waals surface area (Å²) in [7, 11) is -2.18. The van der Waals surface area contributed by atoms with Crippen molar-refractivity contribution < 1.29 is 23.1 Å². The molecular formula is C31H38ClN3O5S. The molecule has 0 aliphatic carbocycles. The van der Waals surface area contributed by atoms with Gasteiger partial charge < -0.3 is 14.7 Å². The number of benzene rings is 3. The highest BCUT2D eigenvalue weighted by atomic mass is 35.5. The van der Waals surface area contributed by atoms with E-state index in [9.17, 15) is 18.3 Å². The molecule has 1 fully saturated rings. The molecule has 220 valence electrons. The van der Waals surface area contributed by atoms with E-state index in [1.54, 1.807) is 42.3 Å². The lowest BCUT2D eigenvalue weighted by Gasteiger charge is -2.32. The maximum Gasteiger partial charge on any atom is 0.261 e. The van der Waals surface area contributed by atoms with Gasteiger partial charge in [-0.3, -0.25) is 14.4 Å². The van der Waals surface area contributed by atoms with Crippen molar-refractivity contribution in [1.29, 1.82) is 0 Å². The molecule has 4 rings (SSSR count). The van der Waals surface area contributed by atoms with Crippen molar-refractivity contribution in [1.82, 2.24) is 9.80 Å². The summed E-state index contributed by atoms with van der Waals surface area (Å²) < 4.78 is 34.8. The first kappa shape index (κ1) is 30.8. The van der Waals surface area contributed by atoms with Crippen LogP contribution in [0.5, 0.6) is 5.75 Å². The van der Waals surface area contributed by atoms with E-state index in [0.29, 0.717) is 48.1 Å². The molecule has 3 aromatic rings. The summed E-state index contributed by atoms with van der Waals surface area (Å²) in [6, 6.07) is 20.6. The Hall–Kier alpha value is -3.11. The third-order valence-electron chi connectivity index (χ3n) is 7.28. The zero-order chi connectivity index (χ0) is 29.4. The molecule has 3 aromatic carbocycles. The fourth-order valence-corrected chi connectivity index (χ4v) is 6.17. The molecule has 2 N–H and O–H groups in total. The first-order chi connectivity index (χ1) is 19.7. The van der Waals surface area contributed by atoms with E-state index in [-0.39, 0.29) is 29.4 Å². The van der Waals surface area contributed by atoms with Crippen molar-refractivity contribution in [2.45, 2.75) is 49.6 Å². The monoisotopic (exact) mass is 599 g/mol. The fraction of sp³-hybridized carbons (Fsp3) is 0.387. The summed E-state index contributed by atoms with van der Waals surface area (Å²) in [6.45, 7) is 4.55. The quantitative estimate of drug-likeness (QED) is 0.264. The van der Waals surface area contributed by atoms with E-state index in [1.807, 2.05) is 30.3 Å². The maximum atomic E-state index is 13.6. The number of hydrogen-bond acceptors (Lipinski definition) is 6. The van der Waals surface area contributed by atoms with Crippen LogP contribution in [-0.2, 0) is 21.2 Å². The van der Waals surface area contributed by atoms with Gasteiger partial charge in [0.05, 0.1) is 35.8 Å². The van der Waals surface area contributed by atoms with Crippen LogP contribution in [0.25, 0.3) is 0 Å². The van der Waals surface area contributed by atoms with Crippen LogP contribution in [0.1, 0.15) is 43.4 Å². The smallest absolute Gasteiger partial charge is 0.261 e. The van der Waals surface area contributed by atoms with Gasteiger partial charge in [-0.1, -0.05) is 55.3 Å². The molecule has 8 nitrogen and oxygen atoms in total. The predicted molar refractivity (Wildman–Crippen MR) is 162 cm³/mol. The fourth-order valence-electron chi connectivity index (χ4n) is 4.87. The normalized spacial score (nSPS) is 16.3. The number of amides is 1. The second-order valence-electron chi connectivity index (χ2n) is 10.4. The molecule has 2 unspecified atom stereocenters. The Bertz CT molecular complexity index is 1400. The summed E-state index contributed by atoms with van der Waals surface area (Å²) in [4.78, 5) is 17.6. The number of rotatable bonds is 13. The zero-order valence-corrected chi connectivity index (χ0v) is 25.1. The van der Waals surface area contributed by atoms with Gasteiger partial charge in [-0.2, -0.15) is 0 Å². The lowest BCUT2D eigenvalue weighted by Crippen LogP contribution is -2.39. The number of ether oxygens (including phenoxy) is 1. The summed E-state index contributed by atoms with van der Waals surface area (Å²) in [6.07, 6.45) is 2.22. The lowest BCUT2D eigenvalue weighted by molar-refractivity contribution is -0.131. The molecule has 1 saturated heterocycles. The summed E-state index contributed by atoms with van der Waals surface area (Å²) in [5.41, 5.74) is 1.75. The van der Waals surface area contributed by atoms with Crippen molar-refractivity contribution >= 4 is 33.2 Å². The summed E-state index contributed by atoms with van der Waals surface area (Å²) >= 11 is 6.28. The van der Waals surface area contributed by atoms with E-state index in [2.05, 4.69) is 16.5 Å². The van der Waals surface area contributed by atoms with Gasteiger partial charge in [0.15, 0.2) is 0 Å². The van der Waals surface area contributed by atoms with Crippen molar-refractivity contribution in [3.05, 3.63) is 88.9 Å². The topological polar surface area (TPSA) is 99.2 Å². The molecule has 0 aromatic heterocycles. The van der Waals surface area contributed by atoms with Crippen LogP contribution >= 0.6 is 11.6 Å². The Morgan fingerprint density at radius 2 is 1.88 bits per heavy atom. The van der Waals surface area contributed by atoms with E-state index in [0.717, 1.165) is 24.9 Å². The number of nitrogens with one attached hydrogen (secondary N) is 1. The number of carbonyl (C=O) groups excluding carboxylic acids is 1. The Labute approximate surface area is 247 Å². The molecule has 0 saturated carbocycles. The van der Waals surface area contributed by atoms with Crippen LogP contribution in [0.3, 0.4) is 0 Å². The molecular weight excluding hydrogens is 562 g/mol. The minimum absolute atomic E-state index is 0.0505. The van der Waals surface area contributed by atoms with Gasteiger partial charge in [0.1, 0.15) is 5.75 Å². The van der Waals surface area contributed by atoms with Gasteiger partial charge in [-0.05, 0) is 66.4 Å². The number of aliphatic hydroxyl groups excluding tert-OH is 1. The second kappa shape index (κ2) is 14.2. The van der Waals surface area contributed by atoms with Gasteiger partial charge in [-0.25, -0.2) is 8.42 Å². The first-order valence-electron chi connectivity index (χ1n) is 13.9. The molecule has 1 aliphatic heterocycles. The third kappa shape index (κ3) is 8.45. The average molecular weight is 600 g/mol. The Morgan fingerprint density at radius 1 is 1.15 bits per heavy atom. The third-order valence-corrected chi connectivity index (χ3v) is 8.89. The molecule has 41 heavy (non-hydrogen) atoms. The van der Waals surface area contributed by atoms with Crippen LogP contribution in [0.4, 0.5) is 5.69 Å². The number of sulfonamides is 1. The SMILES string of the molecule is CCCCOc1ccc(S(=O)(=O)Nc2ccc(Cl)cc2CC(=O)N(C)C(CN2CCC(O)C2)c2ccccc2)cc1. The van der Waals surface area contributed by atoms with E-state index in [1.165, 1.54) is 12.1 Å². The molecule has 1 amide bonds. The van der Waals surface area contributed by atoms with Crippen LogP contribution < -0.4 is 9.46 Å². The number of likely N-dealkylation sites (N-methyl/N-ethyl adjacent to an activating group) is 1. The number of likely N-dealkylation sites (tertiary alicyclic amines) is 1. The molecule has 2 atom stereocenters. The van der Waals surface area contributed by atoms with E-state index in [4.69, 9.17) is 16.3 Å². The maximum absolute atomic E-state index is 13.6. The number of aliphatic hydroxyl groups is 1. The largest absolute Gasteiger partial charge is 0.494 e. The number of unbranched alkanes of at least 4 members (excludes halogenated alkanes) is 1. The molecule has 1 aliphatic rings. The highest BCUT2D eigenvalue weighted by molar-refractivity contribution is 7.92. The lowest BCUT2D eigenvalue weighted by atomic mass is 10.0. The van der Waals surface area contributed by atoms with Crippen molar-refractivity contribution in [3.8, 4) is 5.75 Å². The highest BCUT2D eigenvalue weighted by Gasteiger charge is 2.28. The number of halogens is 1. The summed E-state index contributed by atoms with van der Waals surface area (Å²) in [5.74, 6) is 0.421. The standard InChI is InChI=1S/C31H38ClN3O5S/c1-3-4-18-40-27-11-13-28(14-12-27)41(38,39)33-29-15-10-25(32)19-24(29)20-31(37)34(2)30(23-8-6-5-7-9-23)22-35-17-16-26(36)21-35/h5-15,19,26,30,33,36H,3-4,16-18,20-22H2,1-2H3. The number of carbonyl (C=O) groups is 1. The molecule has 0 spiro atoms. The van der Waals surface area contributed by atoms with Crippen molar-refractivity contribution in [2.75, 3.05) is 38.0 Å². The van der Waals surface area contributed by atoms with Crippen LogP contribution in [-0.4, -0.2) is 68.6 Å². The average Bonchev–Trinajstić information content (AvgIpc) is 3.38. The van der Waals surface area contributed by atoms with Gasteiger partial charge in [0, 0.05) is 31.7 Å². The Balaban J connectivity index is 1.51. The number of hydrogen-bond donors (Lipinski definition) is 2. The van der Waals surface area contributed by atoms with E-state index >= 15 is 0 Å². The minimum atomic E-state index is -3.93. The zero-order valence-electron chi connectivity index (χ0n) is 23.5. The van der Waals surface area contributed by atoms with Crippen LogP contribution in [0.15, 0.2) is 77.7 Å². The Morgan fingerprint density at radius 3 is 2.54 bits per heavy atom. The van der Waals surface area contributed by atoms with Gasteiger partial charge >= 0.3 is 0 Å². The first-order valence-corrected chi connectivity index (χ1v) is 15.8. The summed E-state index contributed by atoms with van der Waals surface area (Å²) in [5, 5.41) is 10.4. The molecule has 10 heteroatoms. The molecule has 0 bridgehead atoms. The minimum Gasteiger partial charge on any atom is -0.494 e. The van der Waals surface area contributed by atoms with E-state index < -0.39 is 10.0 Å². The molecule has 0 radical (unpaired) electrons. The van der Waals surface area contributed by atoms with Crippen LogP contribution in [0, 0.1) is 0 Å². The number of anilines is 1.